The topological polar surface area (TPSA) is 192 Å². The zero-order valence-corrected chi connectivity index (χ0v) is 27.6. The first-order valence-electron chi connectivity index (χ1n) is 14.7. The van der Waals surface area contributed by atoms with Crippen molar-refractivity contribution in [1.29, 1.82) is 0 Å². The molecule has 3 aromatic rings. The van der Waals surface area contributed by atoms with Gasteiger partial charge >= 0.3 is 59.1 Å². The van der Waals surface area contributed by atoms with Crippen LogP contribution in [0.5, 0.6) is 23.0 Å². The van der Waals surface area contributed by atoms with E-state index in [1.54, 1.807) is 0 Å². The number of carbonyl (C=O) groups is 1. The van der Waals surface area contributed by atoms with Gasteiger partial charge < -0.3 is 48.5 Å². The summed E-state index contributed by atoms with van der Waals surface area (Å²) < 4.78 is 115. The molecule has 15 nitrogen and oxygen atoms in total. The van der Waals surface area contributed by atoms with Crippen LogP contribution in [-0.4, -0.2) is 54.5 Å². The Kier molecular flexibility index (Phi) is 8.67. The third-order valence-corrected chi connectivity index (χ3v) is 5.41. The number of pyridine rings is 1. The van der Waals surface area contributed by atoms with E-state index in [1.165, 1.54) is 21.3 Å². The van der Waals surface area contributed by atoms with Gasteiger partial charge in [-0.1, -0.05) is 0 Å². The Bertz CT molecular complexity index is 1760. The molecule has 0 bridgehead atoms. The molecule has 0 radical (unpaired) electrons. The number of nitrogens with one attached hydrogen (secondary N) is 2. The third-order valence-electron chi connectivity index (χ3n) is 4.98. The summed E-state index contributed by atoms with van der Waals surface area (Å²) in [4.78, 5) is 47.8. The van der Waals surface area contributed by atoms with Crippen LogP contribution in [0.4, 0.5) is 33.5 Å². The first-order chi connectivity index (χ1) is 22.2. The largest absolute Gasteiger partial charge is 1.00 e. The smallest absolute Gasteiger partial charge is 0.790 e. The number of rotatable bonds is 10. The van der Waals surface area contributed by atoms with Crippen LogP contribution in [0.2, 0.25) is 0 Å². The molecule has 214 valence electrons. The quantitative estimate of drug-likeness (QED) is 0.162. The van der Waals surface area contributed by atoms with E-state index in [0.29, 0.717) is 6.20 Å². The van der Waals surface area contributed by atoms with Crippen molar-refractivity contribution in [1.82, 2.24) is 15.0 Å². The maximum Gasteiger partial charge on any atom is 1.00 e. The van der Waals surface area contributed by atoms with Crippen molar-refractivity contribution in [2.24, 2.45) is 0 Å². The SMILES string of the molecule is [2H]c1c(Nc2ncc(F)c(Nc3ccc4c(n3)N(COP(=O)([O-])[O-])C(=O)C(C([2H])([2H])[2H])(C([2H])([2H])[2H])O4)n2)c([2H])c(OC)c(OC)c1OC.[Na+].[Na+]. The minimum absolute atomic E-state index is 0. The van der Waals surface area contributed by atoms with Crippen LogP contribution in [0.1, 0.15) is 24.7 Å². The molecule has 1 aliphatic heterocycles. The number of nitrogens with zero attached hydrogens (tertiary/aromatic N) is 4. The molecule has 42 heavy (non-hydrogen) atoms. The predicted molar refractivity (Wildman–Crippen MR) is 135 cm³/mol. The van der Waals surface area contributed by atoms with Crippen LogP contribution in [-0.2, 0) is 13.9 Å². The Morgan fingerprint density at radius 3 is 2.36 bits per heavy atom. The Morgan fingerprint density at radius 1 is 1.12 bits per heavy atom. The summed E-state index contributed by atoms with van der Waals surface area (Å²) in [6.07, 6.45) is 0.704. The van der Waals surface area contributed by atoms with Crippen LogP contribution in [0, 0.1) is 5.82 Å². The van der Waals surface area contributed by atoms with E-state index in [2.05, 4.69) is 30.1 Å². The van der Waals surface area contributed by atoms with Gasteiger partial charge in [-0.25, -0.2) is 14.4 Å². The van der Waals surface area contributed by atoms with Crippen molar-refractivity contribution >= 4 is 42.8 Å². The van der Waals surface area contributed by atoms with Gasteiger partial charge in [0.25, 0.3) is 5.91 Å². The molecule has 0 atom stereocenters. The summed E-state index contributed by atoms with van der Waals surface area (Å²) in [5.74, 6) is -5.81. The summed E-state index contributed by atoms with van der Waals surface area (Å²) in [6, 6.07) is 1.26. The Labute approximate surface area is 295 Å². The zero-order chi connectivity index (χ0) is 36.0. The van der Waals surface area contributed by atoms with Gasteiger partial charge in [0, 0.05) is 26.0 Å². The van der Waals surface area contributed by atoms with Crippen molar-refractivity contribution in [3.8, 4) is 23.0 Å². The summed E-state index contributed by atoms with van der Waals surface area (Å²) in [5.41, 5.74) is -3.79. The minimum Gasteiger partial charge on any atom is -0.790 e. The number of phosphoric acid groups is 1. The second kappa shape index (κ2) is 14.5. The molecule has 2 aromatic heterocycles. The molecule has 0 aliphatic carbocycles. The van der Waals surface area contributed by atoms with E-state index < -0.39 is 63.0 Å². The number of hydrogen-bond donors (Lipinski definition) is 2. The van der Waals surface area contributed by atoms with E-state index in [4.69, 9.17) is 29.9 Å². The number of benzene rings is 1. The Hall–Kier alpha value is -2.24. The van der Waals surface area contributed by atoms with Crippen LogP contribution in [0.15, 0.2) is 30.4 Å². The van der Waals surface area contributed by atoms with Crippen molar-refractivity contribution in [2.75, 3.05) is 43.6 Å². The Morgan fingerprint density at radius 2 is 1.79 bits per heavy atom. The molecule has 19 heteroatoms. The fraction of sp³-hybridized carbons (Fsp3) is 0.304. The minimum atomic E-state index is -5.81. The molecular weight excluding hydrogens is 600 g/mol. The summed E-state index contributed by atoms with van der Waals surface area (Å²) in [6.45, 7) is -8.81. The molecule has 2 N–H and O–H groups in total. The van der Waals surface area contributed by atoms with E-state index in [0.717, 1.165) is 12.1 Å². The molecule has 0 saturated carbocycles. The normalized spacial score (nSPS) is 16.9. The molecule has 4 rings (SSSR count). The Balaban J connectivity index is 0.00000433. The maximum absolute atomic E-state index is 14.9. The average molecular weight is 632 g/mol. The monoisotopic (exact) mass is 632 g/mol. The number of anilines is 5. The van der Waals surface area contributed by atoms with Crippen molar-refractivity contribution in [2.45, 2.75) is 19.3 Å². The van der Waals surface area contributed by atoms with Crippen LogP contribution < -0.4 is 103 Å². The first kappa shape index (κ1) is 25.1. The second-order valence-electron chi connectivity index (χ2n) is 7.60. The van der Waals surface area contributed by atoms with Crippen molar-refractivity contribution < 1.29 is 117 Å². The second-order valence-corrected chi connectivity index (χ2v) is 8.76. The molecule has 3 heterocycles. The molecule has 1 aromatic carbocycles. The van der Waals surface area contributed by atoms with Gasteiger partial charge in [-0.3, -0.25) is 9.69 Å². The number of halogens is 1. The number of ether oxygens (including phenoxy) is 4. The van der Waals surface area contributed by atoms with E-state index >= 15 is 0 Å². The van der Waals surface area contributed by atoms with E-state index in [-0.39, 0.29) is 111 Å². The van der Waals surface area contributed by atoms with Gasteiger partial charge in [0.1, 0.15) is 12.5 Å². The van der Waals surface area contributed by atoms with E-state index in [1.807, 2.05) is 0 Å². The number of carbonyl (C=O) groups excluding carboxylic acids is 1. The van der Waals surface area contributed by atoms with Gasteiger partial charge in [0.05, 0.1) is 38.1 Å². The number of aromatic nitrogens is 3. The zero-order valence-electron chi connectivity index (χ0n) is 30.7. The van der Waals surface area contributed by atoms with Crippen LogP contribution in [0.25, 0.3) is 0 Å². The maximum atomic E-state index is 14.9. The van der Waals surface area contributed by atoms with Gasteiger partial charge in [0.2, 0.25) is 11.7 Å². The molecule has 0 spiro atoms. The van der Waals surface area contributed by atoms with Gasteiger partial charge in [-0.2, -0.15) is 4.98 Å². The van der Waals surface area contributed by atoms with Crippen molar-refractivity contribution in [3.63, 3.8) is 0 Å². The number of amides is 1. The fourth-order valence-corrected chi connectivity index (χ4v) is 3.54. The first-order valence-corrected chi connectivity index (χ1v) is 12.2. The predicted octanol–water partition coefficient (Wildman–Crippen LogP) is -4.16. The van der Waals surface area contributed by atoms with Crippen molar-refractivity contribution in [3.05, 3.63) is 36.2 Å². The van der Waals surface area contributed by atoms with E-state index in [9.17, 15) is 23.5 Å². The van der Waals surface area contributed by atoms with Crippen LogP contribution >= 0.6 is 7.82 Å². The molecule has 1 aliphatic rings. The fourth-order valence-electron chi connectivity index (χ4n) is 3.28. The van der Waals surface area contributed by atoms with Crippen LogP contribution in [0.3, 0.4) is 0 Å². The standard InChI is InChI=1S/C23H26FN6O9P.2Na/c1-23(2)21(31)30(11-38-40(32,33)34)20-14(39-23)6-7-17(28-20)27-19-13(24)10-25-22(29-19)26-12-8-15(35-3)18(37-5)16(9-12)36-4;;/h6-10H,11H2,1-5H3,(H2,32,33,34)(H2,25,26,27,28,29);;/q;2*+1/p-2/i1D3,2D3,8D,9D;;. The molecular formula is C23H24FN6Na2O9P. The number of phosphoric ester groups is 1. The number of hydrogen-bond acceptors (Lipinski definition) is 14. The number of fused-ring (bicyclic) bond motifs is 1. The molecule has 1 amide bonds. The molecule has 0 fully saturated rings. The molecule has 0 saturated heterocycles. The van der Waals surface area contributed by atoms with Gasteiger partial charge in [-0.05, 0) is 25.8 Å². The third kappa shape index (κ3) is 8.23. The molecule has 0 unspecified atom stereocenters. The van der Waals surface area contributed by atoms with Gasteiger partial charge in [0.15, 0.2) is 40.3 Å². The average Bonchev–Trinajstić information content (AvgIpc) is 2.98. The summed E-state index contributed by atoms with van der Waals surface area (Å²) in [5, 5.41) is 5.06. The van der Waals surface area contributed by atoms with Gasteiger partial charge in [-0.15, -0.1) is 0 Å². The summed E-state index contributed by atoms with van der Waals surface area (Å²) >= 11 is 0. The number of methoxy groups -OCH3 is 3. The summed E-state index contributed by atoms with van der Waals surface area (Å²) in [7, 11) is -2.02.